The van der Waals surface area contributed by atoms with Gasteiger partial charge in [0.1, 0.15) is 11.5 Å². The first-order valence-electron chi connectivity index (χ1n) is 10.0. The molecule has 0 saturated carbocycles. The molecule has 9 heteroatoms. The van der Waals surface area contributed by atoms with Crippen molar-refractivity contribution in [3.05, 3.63) is 54.1 Å². The molecule has 0 aromatic heterocycles. The number of rotatable bonds is 8. The average molecular weight is 433 g/mol. The number of carbonyl (C=O) groups excluding carboxylic acids is 2. The van der Waals surface area contributed by atoms with Gasteiger partial charge in [-0.1, -0.05) is 24.3 Å². The van der Waals surface area contributed by atoms with Crippen LogP contribution in [0.5, 0.6) is 11.5 Å². The fraction of sp³-hybridized carbons (Fsp3) is 0.364. The van der Waals surface area contributed by atoms with Crippen LogP contribution in [0, 0.1) is 0 Å². The molecule has 0 atom stereocenters. The van der Waals surface area contributed by atoms with Crippen molar-refractivity contribution in [1.29, 1.82) is 0 Å². The Balaban J connectivity index is 1.53. The zero-order valence-corrected chi connectivity index (χ0v) is 17.2. The number of piperazine rings is 1. The molecule has 0 spiro atoms. The number of amides is 2. The fourth-order valence-corrected chi connectivity index (χ4v) is 3.37. The van der Waals surface area contributed by atoms with Crippen LogP contribution in [-0.2, 0) is 4.79 Å². The summed E-state index contributed by atoms with van der Waals surface area (Å²) in [5, 5.41) is 2.85. The van der Waals surface area contributed by atoms with E-state index in [1.807, 2.05) is 24.0 Å². The minimum absolute atomic E-state index is 0.0986. The lowest BCUT2D eigenvalue weighted by molar-refractivity contribution is -0.117. The van der Waals surface area contributed by atoms with E-state index in [0.717, 1.165) is 0 Å². The summed E-state index contributed by atoms with van der Waals surface area (Å²) in [5.74, 6) is -0.0793. The van der Waals surface area contributed by atoms with Crippen molar-refractivity contribution in [2.75, 3.05) is 44.6 Å². The molecule has 1 fully saturated rings. The lowest BCUT2D eigenvalue weighted by atomic mass is 10.1. The van der Waals surface area contributed by atoms with E-state index in [0.29, 0.717) is 44.2 Å². The highest BCUT2D eigenvalue weighted by Gasteiger charge is 2.26. The first-order chi connectivity index (χ1) is 15.0. The zero-order chi connectivity index (χ0) is 22.2. The number of para-hydroxylation sites is 3. The van der Waals surface area contributed by atoms with Crippen molar-refractivity contribution in [2.45, 2.75) is 13.5 Å². The molecule has 2 amide bonds. The molecule has 2 aromatic carbocycles. The highest BCUT2D eigenvalue weighted by molar-refractivity contribution is 5.97. The Hall–Kier alpha value is -3.20. The number of halogens is 2. The molecule has 1 aliphatic rings. The molecule has 1 N–H and O–H groups in total. The molecule has 1 heterocycles. The van der Waals surface area contributed by atoms with Crippen LogP contribution in [0.15, 0.2) is 48.5 Å². The molecule has 2 aromatic rings. The van der Waals surface area contributed by atoms with Crippen molar-refractivity contribution < 1.29 is 27.8 Å². The van der Waals surface area contributed by atoms with Gasteiger partial charge in [-0.25, -0.2) is 0 Å². The molecule has 1 saturated heterocycles. The molecular formula is C22H25F2N3O4. The van der Waals surface area contributed by atoms with Crippen LogP contribution in [0.2, 0.25) is 0 Å². The fourth-order valence-electron chi connectivity index (χ4n) is 3.37. The first kappa shape index (κ1) is 22.5. The predicted octanol–water partition coefficient (Wildman–Crippen LogP) is 3.08. The largest absolute Gasteiger partial charge is 0.492 e. The van der Waals surface area contributed by atoms with Crippen LogP contribution in [0.4, 0.5) is 14.5 Å². The lowest BCUT2D eigenvalue weighted by Crippen LogP contribution is -2.50. The van der Waals surface area contributed by atoms with E-state index >= 15 is 0 Å². The first-order valence-corrected chi connectivity index (χ1v) is 10.0. The second kappa shape index (κ2) is 10.7. The van der Waals surface area contributed by atoms with Gasteiger partial charge in [-0.2, -0.15) is 8.78 Å². The van der Waals surface area contributed by atoms with E-state index in [-0.39, 0.29) is 29.7 Å². The van der Waals surface area contributed by atoms with Gasteiger partial charge in [0.25, 0.3) is 5.91 Å². The third-order valence-electron chi connectivity index (χ3n) is 4.82. The van der Waals surface area contributed by atoms with Crippen LogP contribution in [0.1, 0.15) is 17.3 Å². The minimum Gasteiger partial charge on any atom is -0.492 e. The Labute approximate surface area is 179 Å². The number of nitrogens with zero attached hydrogens (tertiary/aromatic N) is 2. The number of alkyl halides is 2. The van der Waals surface area contributed by atoms with Crippen LogP contribution in [-0.4, -0.2) is 67.6 Å². The molecule has 7 nitrogen and oxygen atoms in total. The molecule has 0 radical (unpaired) electrons. The molecule has 0 unspecified atom stereocenters. The highest BCUT2D eigenvalue weighted by atomic mass is 19.3. The number of benzene rings is 2. The summed E-state index contributed by atoms with van der Waals surface area (Å²) >= 11 is 0. The van der Waals surface area contributed by atoms with Crippen LogP contribution >= 0.6 is 0 Å². The number of nitrogens with one attached hydrogen (secondary N) is 1. The third-order valence-corrected chi connectivity index (χ3v) is 4.82. The minimum atomic E-state index is -3.00. The van der Waals surface area contributed by atoms with Gasteiger partial charge in [-0.05, 0) is 31.2 Å². The summed E-state index contributed by atoms with van der Waals surface area (Å²) in [6.45, 7) is 1.28. The standard InChI is InChI=1S/C22H25F2N3O4/c1-2-30-19-10-6-4-8-17(19)25-20(28)15-26-11-13-27(14-12-26)21(29)16-7-3-5-9-18(16)31-22(23)24/h3-10,22H,2,11-15H2,1H3,(H,25,28). The van der Waals surface area contributed by atoms with Gasteiger partial charge >= 0.3 is 6.61 Å². The van der Waals surface area contributed by atoms with E-state index in [1.165, 1.54) is 18.2 Å². The number of hydrogen-bond donors (Lipinski definition) is 1. The number of anilines is 1. The Kier molecular flexibility index (Phi) is 7.77. The van der Waals surface area contributed by atoms with Crippen LogP contribution in [0.25, 0.3) is 0 Å². The normalized spacial score (nSPS) is 14.4. The molecule has 0 aliphatic carbocycles. The lowest BCUT2D eigenvalue weighted by Gasteiger charge is -2.34. The van der Waals surface area contributed by atoms with E-state index in [9.17, 15) is 18.4 Å². The summed E-state index contributed by atoms with van der Waals surface area (Å²) in [6.07, 6.45) is 0. The van der Waals surface area contributed by atoms with E-state index in [4.69, 9.17) is 4.74 Å². The van der Waals surface area contributed by atoms with Crippen molar-refractivity contribution >= 4 is 17.5 Å². The highest BCUT2D eigenvalue weighted by Crippen LogP contribution is 2.24. The zero-order valence-electron chi connectivity index (χ0n) is 17.2. The van der Waals surface area contributed by atoms with Gasteiger partial charge < -0.3 is 19.7 Å². The summed E-state index contributed by atoms with van der Waals surface area (Å²) in [7, 11) is 0. The van der Waals surface area contributed by atoms with Crippen molar-refractivity contribution in [3.63, 3.8) is 0 Å². The van der Waals surface area contributed by atoms with Crippen molar-refractivity contribution in [2.24, 2.45) is 0 Å². The summed E-state index contributed by atoms with van der Waals surface area (Å²) < 4.78 is 35.2. The van der Waals surface area contributed by atoms with Gasteiger partial charge in [0, 0.05) is 26.2 Å². The monoisotopic (exact) mass is 433 g/mol. The summed E-state index contributed by atoms with van der Waals surface area (Å²) in [6, 6.07) is 13.2. The maximum atomic E-state index is 12.8. The number of carbonyl (C=O) groups is 2. The Morgan fingerprint density at radius 1 is 1.00 bits per heavy atom. The van der Waals surface area contributed by atoms with E-state index in [1.54, 1.807) is 23.1 Å². The average Bonchev–Trinajstić information content (AvgIpc) is 2.75. The second-order valence-electron chi connectivity index (χ2n) is 6.92. The molecule has 0 bridgehead atoms. The van der Waals surface area contributed by atoms with Crippen molar-refractivity contribution in [3.8, 4) is 11.5 Å². The Morgan fingerprint density at radius 3 is 2.32 bits per heavy atom. The Bertz CT molecular complexity index is 902. The van der Waals surface area contributed by atoms with Gasteiger partial charge in [-0.15, -0.1) is 0 Å². The van der Waals surface area contributed by atoms with Crippen LogP contribution < -0.4 is 14.8 Å². The van der Waals surface area contributed by atoms with E-state index in [2.05, 4.69) is 10.1 Å². The van der Waals surface area contributed by atoms with E-state index < -0.39 is 6.61 Å². The summed E-state index contributed by atoms with van der Waals surface area (Å²) in [5.41, 5.74) is 0.709. The molecule has 3 rings (SSSR count). The second-order valence-corrected chi connectivity index (χ2v) is 6.92. The Morgan fingerprint density at radius 2 is 1.65 bits per heavy atom. The van der Waals surface area contributed by atoms with Crippen LogP contribution in [0.3, 0.4) is 0 Å². The number of hydrogen-bond acceptors (Lipinski definition) is 5. The van der Waals surface area contributed by atoms with Crippen molar-refractivity contribution in [1.82, 2.24) is 9.80 Å². The quantitative estimate of drug-likeness (QED) is 0.693. The molecular weight excluding hydrogens is 408 g/mol. The molecule has 166 valence electrons. The maximum absolute atomic E-state index is 12.8. The smallest absolute Gasteiger partial charge is 0.387 e. The van der Waals surface area contributed by atoms with Gasteiger partial charge in [-0.3, -0.25) is 14.5 Å². The maximum Gasteiger partial charge on any atom is 0.387 e. The third kappa shape index (κ3) is 6.14. The molecule has 31 heavy (non-hydrogen) atoms. The van der Waals surface area contributed by atoms with Gasteiger partial charge in [0.15, 0.2) is 0 Å². The number of ether oxygens (including phenoxy) is 2. The van der Waals surface area contributed by atoms with Gasteiger partial charge in [0.05, 0.1) is 24.4 Å². The predicted molar refractivity (Wildman–Crippen MR) is 112 cm³/mol. The topological polar surface area (TPSA) is 71.1 Å². The van der Waals surface area contributed by atoms with Gasteiger partial charge in [0.2, 0.25) is 5.91 Å². The summed E-state index contributed by atoms with van der Waals surface area (Å²) in [4.78, 5) is 28.7. The molecule has 1 aliphatic heterocycles. The SMILES string of the molecule is CCOc1ccccc1NC(=O)CN1CCN(C(=O)c2ccccc2OC(F)F)CC1.